The van der Waals surface area contributed by atoms with Gasteiger partial charge in [-0.25, -0.2) is 0 Å². The number of rotatable bonds is 1. The van der Waals surface area contributed by atoms with Gasteiger partial charge in [-0.3, -0.25) is 0 Å². The first-order valence-corrected chi connectivity index (χ1v) is 5.57. The van der Waals surface area contributed by atoms with Crippen molar-refractivity contribution >= 4 is 21.4 Å². The topological polar surface area (TPSA) is 0 Å². The van der Waals surface area contributed by atoms with E-state index in [1.54, 1.807) is 0 Å². The average molecular weight is 190 g/mol. The number of hydrogen-bond acceptors (Lipinski definition) is 1. The fraction of sp³-hybridized carbons (Fsp3) is 0.333. The Morgan fingerprint density at radius 2 is 1.92 bits per heavy atom. The summed E-state index contributed by atoms with van der Waals surface area (Å²) in [6.07, 6.45) is 1.14. The largest absolute Gasteiger partial charge is 0.144 e. The molecule has 0 fully saturated rings. The van der Waals surface area contributed by atoms with E-state index in [-0.39, 0.29) is 0 Å². The van der Waals surface area contributed by atoms with Crippen molar-refractivity contribution in [3.63, 3.8) is 0 Å². The summed E-state index contributed by atoms with van der Waals surface area (Å²) < 4.78 is 1.43. The smallest absolute Gasteiger partial charge is 0.0348 e. The van der Waals surface area contributed by atoms with Crippen LogP contribution in [0.15, 0.2) is 17.5 Å². The first kappa shape index (κ1) is 8.76. The highest BCUT2D eigenvalue weighted by Crippen LogP contribution is 2.28. The van der Waals surface area contributed by atoms with E-state index in [1.165, 1.54) is 26.8 Å². The van der Waals surface area contributed by atoms with Crippen LogP contribution < -0.4 is 0 Å². The van der Waals surface area contributed by atoms with Gasteiger partial charge < -0.3 is 0 Å². The van der Waals surface area contributed by atoms with E-state index >= 15 is 0 Å². The lowest BCUT2D eigenvalue weighted by molar-refractivity contribution is 1.12. The zero-order chi connectivity index (χ0) is 9.42. The molecule has 0 nitrogen and oxygen atoms in total. The van der Waals surface area contributed by atoms with E-state index in [9.17, 15) is 0 Å². The molecule has 0 amide bonds. The van der Waals surface area contributed by atoms with Gasteiger partial charge in [0.2, 0.25) is 0 Å². The third-order valence-electron chi connectivity index (χ3n) is 2.61. The maximum absolute atomic E-state index is 2.34. The number of aryl methyl sites for hydroxylation is 3. The van der Waals surface area contributed by atoms with E-state index < -0.39 is 0 Å². The molecule has 0 aliphatic rings. The van der Waals surface area contributed by atoms with Crippen LogP contribution in [-0.4, -0.2) is 0 Å². The Hall–Kier alpha value is -0.820. The van der Waals surface area contributed by atoms with Crippen LogP contribution in [0.2, 0.25) is 0 Å². The predicted octanol–water partition coefficient (Wildman–Crippen LogP) is 4.08. The molecule has 2 rings (SSSR count). The number of benzene rings is 1. The Morgan fingerprint density at radius 1 is 1.15 bits per heavy atom. The first-order chi connectivity index (χ1) is 6.22. The molecule has 0 N–H and O–H groups in total. The molecule has 1 aromatic heterocycles. The van der Waals surface area contributed by atoms with Crippen molar-refractivity contribution in [1.82, 2.24) is 0 Å². The number of fused-ring (bicyclic) bond motifs is 1. The summed E-state index contributed by atoms with van der Waals surface area (Å²) >= 11 is 1.85. The van der Waals surface area contributed by atoms with Crippen molar-refractivity contribution < 1.29 is 0 Å². The molecule has 1 heteroatoms. The molecule has 0 aliphatic carbocycles. The molecule has 1 heterocycles. The maximum Gasteiger partial charge on any atom is 0.0348 e. The highest BCUT2D eigenvalue weighted by molar-refractivity contribution is 7.17. The maximum atomic E-state index is 2.34. The Morgan fingerprint density at radius 3 is 2.62 bits per heavy atom. The monoisotopic (exact) mass is 190 g/mol. The van der Waals surface area contributed by atoms with Crippen molar-refractivity contribution in [1.29, 1.82) is 0 Å². The van der Waals surface area contributed by atoms with Crippen LogP contribution in [0.1, 0.15) is 23.6 Å². The van der Waals surface area contributed by atoms with Gasteiger partial charge in [0, 0.05) is 4.70 Å². The summed E-state index contributed by atoms with van der Waals surface area (Å²) in [5.41, 5.74) is 4.32. The highest BCUT2D eigenvalue weighted by atomic mass is 32.1. The van der Waals surface area contributed by atoms with Crippen molar-refractivity contribution in [3.8, 4) is 0 Å². The summed E-state index contributed by atoms with van der Waals surface area (Å²) in [5.74, 6) is 0. The van der Waals surface area contributed by atoms with Gasteiger partial charge in [0.05, 0.1) is 0 Å². The Kier molecular flexibility index (Phi) is 2.12. The van der Waals surface area contributed by atoms with Gasteiger partial charge in [0.1, 0.15) is 0 Å². The molecule has 0 spiro atoms. The summed E-state index contributed by atoms with van der Waals surface area (Å²) in [5, 5.41) is 3.67. The van der Waals surface area contributed by atoms with Gasteiger partial charge in [-0.2, -0.15) is 0 Å². The molecule has 0 atom stereocenters. The molecule has 13 heavy (non-hydrogen) atoms. The molecular weight excluding hydrogens is 176 g/mol. The van der Waals surface area contributed by atoms with Crippen molar-refractivity contribution in [3.05, 3.63) is 34.2 Å². The lowest BCUT2D eigenvalue weighted by atomic mass is 10.0. The summed E-state index contributed by atoms with van der Waals surface area (Å²) in [7, 11) is 0. The second-order valence-electron chi connectivity index (χ2n) is 3.55. The van der Waals surface area contributed by atoms with Gasteiger partial charge in [-0.15, -0.1) is 11.3 Å². The van der Waals surface area contributed by atoms with Crippen LogP contribution in [0.4, 0.5) is 0 Å². The molecule has 0 saturated carbocycles. The zero-order valence-corrected chi connectivity index (χ0v) is 9.16. The third-order valence-corrected chi connectivity index (χ3v) is 3.67. The zero-order valence-electron chi connectivity index (χ0n) is 8.35. The van der Waals surface area contributed by atoms with E-state index in [1.807, 2.05) is 11.3 Å². The van der Waals surface area contributed by atoms with Crippen molar-refractivity contribution in [2.45, 2.75) is 27.2 Å². The summed E-state index contributed by atoms with van der Waals surface area (Å²) in [6, 6.07) is 4.66. The van der Waals surface area contributed by atoms with Gasteiger partial charge >= 0.3 is 0 Å². The number of hydrogen-bond donors (Lipinski definition) is 0. The van der Waals surface area contributed by atoms with Crippen LogP contribution >= 0.6 is 11.3 Å². The minimum atomic E-state index is 1.14. The van der Waals surface area contributed by atoms with Crippen molar-refractivity contribution in [2.75, 3.05) is 0 Å². The van der Waals surface area contributed by atoms with Crippen LogP contribution in [0.25, 0.3) is 10.1 Å². The van der Waals surface area contributed by atoms with E-state index in [2.05, 4.69) is 38.3 Å². The van der Waals surface area contributed by atoms with Gasteiger partial charge in [0.15, 0.2) is 0 Å². The van der Waals surface area contributed by atoms with Crippen LogP contribution in [0.5, 0.6) is 0 Å². The minimum Gasteiger partial charge on any atom is -0.144 e. The third kappa shape index (κ3) is 1.37. The van der Waals surface area contributed by atoms with Crippen LogP contribution in [0, 0.1) is 13.8 Å². The first-order valence-electron chi connectivity index (χ1n) is 4.69. The molecule has 0 unspecified atom stereocenters. The van der Waals surface area contributed by atoms with Gasteiger partial charge in [0.25, 0.3) is 0 Å². The molecule has 0 saturated heterocycles. The lowest BCUT2D eigenvalue weighted by Gasteiger charge is -2.02. The molecule has 0 aliphatic heterocycles. The molecule has 68 valence electrons. The lowest BCUT2D eigenvalue weighted by Crippen LogP contribution is -1.85. The molecule has 0 radical (unpaired) electrons. The predicted molar refractivity (Wildman–Crippen MR) is 60.7 cm³/mol. The Bertz CT molecular complexity index is 438. The van der Waals surface area contributed by atoms with E-state index in [4.69, 9.17) is 0 Å². The normalized spacial score (nSPS) is 11.0. The van der Waals surface area contributed by atoms with Gasteiger partial charge in [-0.05, 0) is 53.8 Å². The molecule has 0 bridgehead atoms. The molecule has 2 aromatic rings. The fourth-order valence-electron chi connectivity index (χ4n) is 1.73. The van der Waals surface area contributed by atoms with Crippen LogP contribution in [0.3, 0.4) is 0 Å². The second kappa shape index (κ2) is 3.15. The van der Waals surface area contributed by atoms with Crippen molar-refractivity contribution in [2.24, 2.45) is 0 Å². The Balaban J connectivity index is 2.76. The summed E-state index contributed by atoms with van der Waals surface area (Å²) in [4.78, 5) is 0. The van der Waals surface area contributed by atoms with E-state index in [0.29, 0.717) is 0 Å². The SMILES string of the molecule is CCc1cc2scc(C)c2cc1C. The standard InChI is InChI=1S/C12H14S/c1-4-10-6-12-11(5-8(10)2)9(3)7-13-12/h5-7H,4H2,1-3H3. The second-order valence-corrected chi connectivity index (χ2v) is 4.46. The van der Waals surface area contributed by atoms with Gasteiger partial charge in [-0.1, -0.05) is 13.0 Å². The average Bonchev–Trinajstić information content (AvgIpc) is 2.47. The number of thiophene rings is 1. The minimum absolute atomic E-state index is 1.14. The Labute approximate surface area is 83.2 Å². The summed E-state index contributed by atoms with van der Waals surface area (Å²) in [6.45, 7) is 6.61. The highest BCUT2D eigenvalue weighted by Gasteiger charge is 2.03. The fourth-order valence-corrected chi connectivity index (χ4v) is 2.72. The van der Waals surface area contributed by atoms with Crippen LogP contribution in [-0.2, 0) is 6.42 Å². The molecule has 1 aromatic carbocycles. The quantitative estimate of drug-likeness (QED) is 0.635. The van der Waals surface area contributed by atoms with E-state index in [0.717, 1.165) is 6.42 Å². The molecular formula is C12H14S.